The van der Waals surface area contributed by atoms with E-state index in [1.165, 1.54) is 24.3 Å². The molecule has 0 bridgehead atoms. The van der Waals surface area contributed by atoms with E-state index in [9.17, 15) is 17.8 Å². The van der Waals surface area contributed by atoms with Crippen molar-refractivity contribution in [2.24, 2.45) is 0 Å². The zero-order valence-electron chi connectivity index (χ0n) is 12.4. The number of amides is 1. The molecular weight excluding hydrogens is 374 g/mol. The lowest BCUT2D eigenvalue weighted by Crippen LogP contribution is -2.14. The Labute approximate surface area is 146 Å². The van der Waals surface area contributed by atoms with E-state index >= 15 is 0 Å². The monoisotopic (exact) mass is 387 g/mol. The van der Waals surface area contributed by atoms with Gasteiger partial charge in [0, 0.05) is 11.3 Å². The highest BCUT2D eigenvalue weighted by Crippen LogP contribution is 2.34. The summed E-state index contributed by atoms with van der Waals surface area (Å²) in [5, 5.41) is 14.2. The average Bonchev–Trinajstić information content (AvgIpc) is 2.54. The highest BCUT2D eigenvalue weighted by molar-refractivity contribution is 7.94. The Morgan fingerprint density at radius 1 is 1.16 bits per heavy atom. The lowest BCUT2D eigenvalue weighted by atomic mass is 10.2. The molecule has 2 aromatic rings. The molecule has 0 spiro atoms. The third kappa shape index (κ3) is 4.82. The first kappa shape index (κ1) is 19.0. The average molecular weight is 387 g/mol. The van der Waals surface area contributed by atoms with E-state index in [0.29, 0.717) is 17.7 Å². The van der Waals surface area contributed by atoms with Gasteiger partial charge in [-0.15, -0.1) is 4.33 Å². The molecule has 7 N–H and O–H groups in total. The molecular formula is C13H13N3O7S2. The van der Waals surface area contributed by atoms with Crippen molar-refractivity contribution >= 4 is 45.1 Å². The minimum Gasteiger partial charge on any atom is -0.399 e. The first-order valence-electron chi connectivity index (χ1n) is 6.45. The van der Waals surface area contributed by atoms with Crippen molar-refractivity contribution in [1.29, 1.82) is 0 Å². The summed E-state index contributed by atoms with van der Waals surface area (Å²) >= 11 is 0.457. The van der Waals surface area contributed by atoms with Crippen LogP contribution in [0.25, 0.3) is 0 Å². The standard InChI is InChI=1S/C13H13N3O7S2/c14-8-3-1-7(2-4-8)13(17)16-10-6-12(25(19,20)21)9(15)5-11(10)24-23-22-18/h1-6,18H,14-15H2,(H,16,17)(H,19,20,21). The van der Waals surface area contributed by atoms with Crippen LogP contribution in [0.5, 0.6) is 0 Å². The van der Waals surface area contributed by atoms with E-state index in [2.05, 4.69) is 14.7 Å². The number of carbonyl (C=O) groups excluding carboxylic acids is 1. The van der Waals surface area contributed by atoms with Gasteiger partial charge in [0.15, 0.2) is 0 Å². The fourth-order valence-corrected chi connectivity index (χ4v) is 2.95. The van der Waals surface area contributed by atoms with Crippen molar-refractivity contribution in [1.82, 2.24) is 0 Å². The van der Waals surface area contributed by atoms with Crippen LogP contribution in [0.15, 0.2) is 46.2 Å². The molecule has 0 radical (unpaired) electrons. The number of carbonyl (C=O) groups is 1. The quantitative estimate of drug-likeness (QED) is 0.161. The van der Waals surface area contributed by atoms with Gasteiger partial charge in [0.1, 0.15) is 4.90 Å². The normalized spacial score (nSPS) is 11.3. The van der Waals surface area contributed by atoms with Crippen molar-refractivity contribution in [3.8, 4) is 0 Å². The Morgan fingerprint density at radius 2 is 1.80 bits per heavy atom. The van der Waals surface area contributed by atoms with E-state index < -0.39 is 20.9 Å². The molecule has 2 aromatic carbocycles. The first-order valence-corrected chi connectivity index (χ1v) is 8.63. The summed E-state index contributed by atoms with van der Waals surface area (Å²) in [5.74, 6) is -0.585. The van der Waals surface area contributed by atoms with E-state index in [0.717, 1.165) is 12.1 Å². The number of nitrogens with two attached hydrogens (primary N) is 2. The van der Waals surface area contributed by atoms with Crippen molar-refractivity contribution in [3.05, 3.63) is 42.0 Å². The molecule has 0 aliphatic rings. The molecule has 0 saturated carbocycles. The van der Waals surface area contributed by atoms with E-state index in [-0.39, 0.29) is 21.8 Å². The highest BCUT2D eigenvalue weighted by Gasteiger charge is 2.20. The van der Waals surface area contributed by atoms with Crippen LogP contribution in [0.4, 0.5) is 17.1 Å². The third-order valence-corrected chi connectivity index (χ3v) is 4.52. The molecule has 0 unspecified atom stereocenters. The van der Waals surface area contributed by atoms with Crippen LogP contribution >= 0.6 is 12.0 Å². The third-order valence-electron chi connectivity index (χ3n) is 2.97. The molecule has 0 heterocycles. The SMILES string of the molecule is Nc1ccc(C(=O)Nc2cc(S(=O)(=O)O)c(N)cc2SOOO)cc1. The van der Waals surface area contributed by atoms with Crippen molar-refractivity contribution < 1.29 is 32.4 Å². The largest absolute Gasteiger partial charge is 0.399 e. The summed E-state index contributed by atoms with van der Waals surface area (Å²) in [6.45, 7) is 0. The number of rotatable bonds is 6. The van der Waals surface area contributed by atoms with Crippen molar-refractivity contribution in [3.63, 3.8) is 0 Å². The maximum Gasteiger partial charge on any atom is 0.296 e. The number of nitrogens with one attached hydrogen (secondary N) is 1. The maximum atomic E-state index is 12.3. The molecule has 0 atom stereocenters. The minimum absolute atomic E-state index is 0.0503. The smallest absolute Gasteiger partial charge is 0.296 e. The van der Waals surface area contributed by atoms with E-state index in [1.807, 2.05) is 0 Å². The Hall–Kier alpha value is -2.35. The minimum atomic E-state index is -4.62. The molecule has 0 fully saturated rings. The number of anilines is 3. The summed E-state index contributed by atoms with van der Waals surface area (Å²) < 4.78 is 36.2. The molecule has 2 rings (SSSR count). The van der Waals surface area contributed by atoms with Crippen LogP contribution in [-0.4, -0.2) is 24.1 Å². The summed E-state index contributed by atoms with van der Waals surface area (Å²) in [5.41, 5.74) is 11.5. The molecule has 10 nitrogen and oxygen atoms in total. The lowest BCUT2D eigenvalue weighted by molar-refractivity contribution is -0.432. The van der Waals surface area contributed by atoms with Crippen molar-refractivity contribution in [2.75, 3.05) is 16.8 Å². The van der Waals surface area contributed by atoms with Gasteiger partial charge >= 0.3 is 0 Å². The van der Waals surface area contributed by atoms with Gasteiger partial charge < -0.3 is 16.8 Å². The Balaban J connectivity index is 2.42. The maximum absolute atomic E-state index is 12.3. The van der Waals surface area contributed by atoms with Crippen LogP contribution < -0.4 is 16.8 Å². The zero-order valence-corrected chi connectivity index (χ0v) is 14.0. The van der Waals surface area contributed by atoms with Gasteiger partial charge in [-0.25, -0.2) is 5.26 Å². The molecule has 0 aromatic heterocycles. The predicted octanol–water partition coefficient (Wildman–Crippen LogP) is 1.78. The van der Waals surface area contributed by atoms with Gasteiger partial charge in [-0.05, 0) is 36.4 Å². The Bertz CT molecular complexity index is 885. The van der Waals surface area contributed by atoms with Crippen molar-refractivity contribution in [2.45, 2.75) is 9.79 Å². The van der Waals surface area contributed by atoms with Crippen LogP contribution in [-0.2, 0) is 19.5 Å². The second-order valence-corrected chi connectivity index (χ2v) is 6.80. The molecule has 134 valence electrons. The number of hydrogen-bond donors (Lipinski definition) is 5. The highest BCUT2D eigenvalue weighted by atomic mass is 32.2. The van der Waals surface area contributed by atoms with Crippen LogP contribution in [0.1, 0.15) is 10.4 Å². The number of benzene rings is 2. The van der Waals surface area contributed by atoms with Gasteiger partial charge in [0.25, 0.3) is 16.0 Å². The van der Waals surface area contributed by atoms with Gasteiger partial charge in [-0.2, -0.15) is 8.42 Å². The molecule has 1 amide bonds. The lowest BCUT2D eigenvalue weighted by Gasteiger charge is -2.13. The van der Waals surface area contributed by atoms with Gasteiger partial charge in [0.05, 0.1) is 28.3 Å². The molecule has 0 aliphatic carbocycles. The van der Waals surface area contributed by atoms with E-state index in [1.54, 1.807) is 0 Å². The zero-order chi connectivity index (χ0) is 18.6. The summed E-state index contributed by atoms with van der Waals surface area (Å²) in [4.78, 5) is 11.8. The molecule has 0 aliphatic heterocycles. The molecule has 25 heavy (non-hydrogen) atoms. The first-order chi connectivity index (χ1) is 11.7. The van der Waals surface area contributed by atoms with Crippen LogP contribution in [0.3, 0.4) is 0 Å². The summed E-state index contributed by atoms with van der Waals surface area (Å²) in [7, 11) is -4.62. The summed E-state index contributed by atoms with van der Waals surface area (Å²) in [6.07, 6.45) is 0. The van der Waals surface area contributed by atoms with Gasteiger partial charge in [-0.3, -0.25) is 9.35 Å². The van der Waals surface area contributed by atoms with Crippen LogP contribution in [0, 0.1) is 0 Å². The summed E-state index contributed by atoms with van der Waals surface area (Å²) in [6, 6.07) is 8.02. The molecule has 0 saturated heterocycles. The fourth-order valence-electron chi connectivity index (χ4n) is 1.85. The number of hydrogen-bond acceptors (Lipinski definition) is 9. The second-order valence-electron chi connectivity index (χ2n) is 4.66. The fraction of sp³-hybridized carbons (Fsp3) is 0. The molecule has 12 heteroatoms. The predicted molar refractivity (Wildman–Crippen MR) is 90.1 cm³/mol. The Kier molecular flexibility index (Phi) is 5.84. The second kappa shape index (κ2) is 7.69. The number of nitrogen functional groups attached to an aromatic ring is 2. The topological polar surface area (TPSA) is 174 Å². The van der Waals surface area contributed by atoms with Gasteiger partial charge in [0.2, 0.25) is 0 Å². The van der Waals surface area contributed by atoms with Gasteiger partial charge in [-0.1, -0.05) is 5.04 Å². The van der Waals surface area contributed by atoms with Crippen LogP contribution in [0.2, 0.25) is 0 Å². The van der Waals surface area contributed by atoms with E-state index in [4.69, 9.17) is 16.7 Å². The Morgan fingerprint density at radius 3 is 2.36 bits per heavy atom.